The molecule has 2 aromatic carbocycles. The Morgan fingerprint density at radius 2 is 1.71 bits per heavy atom. The second kappa shape index (κ2) is 10.7. The molecule has 0 aliphatic carbocycles. The van der Waals surface area contributed by atoms with Gasteiger partial charge in [0, 0.05) is 23.7 Å². The fourth-order valence-electron chi connectivity index (χ4n) is 3.81. The van der Waals surface area contributed by atoms with E-state index in [9.17, 15) is 9.59 Å². The summed E-state index contributed by atoms with van der Waals surface area (Å²) in [4.78, 5) is 29.9. The Labute approximate surface area is 203 Å². The highest BCUT2D eigenvalue weighted by molar-refractivity contribution is 6.30. The van der Waals surface area contributed by atoms with Crippen LogP contribution >= 0.6 is 11.6 Å². The SMILES string of the molecule is CCCN(CC(=O)N(Cc1ccc2c(c1)OCO2)Cc1ccc(C)o1)C(=O)c1ccc(Cl)cc1. The lowest BCUT2D eigenvalue weighted by atomic mass is 10.1. The molecule has 34 heavy (non-hydrogen) atoms. The predicted molar refractivity (Wildman–Crippen MR) is 128 cm³/mol. The van der Waals surface area contributed by atoms with Crippen molar-refractivity contribution in [1.29, 1.82) is 0 Å². The summed E-state index contributed by atoms with van der Waals surface area (Å²) in [7, 11) is 0. The molecule has 3 aromatic rings. The summed E-state index contributed by atoms with van der Waals surface area (Å²) in [5.74, 6) is 2.41. The van der Waals surface area contributed by atoms with Crippen LogP contribution < -0.4 is 9.47 Å². The van der Waals surface area contributed by atoms with Crippen LogP contribution in [0.15, 0.2) is 59.0 Å². The third-order valence-electron chi connectivity index (χ3n) is 5.50. The van der Waals surface area contributed by atoms with E-state index in [4.69, 9.17) is 25.5 Å². The first-order chi connectivity index (χ1) is 16.4. The molecule has 0 saturated heterocycles. The second-order valence-electron chi connectivity index (χ2n) is 8.18. The number of carbonyl (C=O) groups excluding carboxylic acids is 2. The van der Waals surface area contributed by atoms with E-state index in [-0.39, 0.29) is 31.7 Å². The van der Waals surface area contributed by atoms with Gasteiger partial charge < -0.3 is 23.7 Å². The maximum absolute atomic E-state index is 13.5. The number of carbonyl (C=O) groups is 2. The number of furan rings is 1. The van der Waals surface area contributed by atoms with Crippen LogP contribution in [-0.2, 0) is 17.9 Å². The van der Waals surface area contributed by atoms with Crippen molar-refractivity contribution in [2.45, 2.75) is 33.4 Å². The average molecular weight is 483 g/mol. The standard InChI is InChI=1S/C26H27ClN2O5/c1-3-12-28(26(31)20-6-8-21(27)9-7-20)16-25(30)29(15-22-10-4-18(2)34-22)14-19-5-11-23-24(13-19)33-17-32-23/h4-11,13H,3,12,14-17H2,1-2H3. The van der Waals surface area contributed by atoms with Crippen LogP contribution in [0.2, 0.25) is 5.02 Å². The zero-order chi connectivity index (χ0) is 24.1. The third-order valence-corrected chi connectivity index (χ3v) is 5.76. The molecule has 0 spiro atoms. The van der Waals surface area contributed by atoms with E-state index in [1.807, 2.05) is 44.2 Å². The number of nitrogens with zero attached hydrogens (tertiary/aromatic N) is 2. The van der Waals surface area contributed by atoms with Crippen molar-refractivity contribution >= 4 is 23.4 Å². The Balaban J connectivity index is 1.54. The Kier molecular flexibility index (Phi) is 7.43. The lowest BCUT2D eigenvalue weighted by molar-refractivity contribution is -0.133. The van der Waals surface area contributed by atoms with Crippen LogP contribution in [0.25, 0.3) is 0 Å². The zero-order valence-corrected chi connectivity index (χ0v) is 20.0. The molecule has 0 N–H and O–H groups in total. The molecule has 1 aliphatic rings. The van der Waals surface area contributed by atoms with E-state index in [2.05, 4.69) is 0 Å². The van der Waals surface area contributed by atoms with E-state index in [0.717, 1.165) is 17.7 Å². The monoisotopic (exact) mass is 482 g/mol. The van der Waals surface area contributed by atoms with Crippen LogP contribution in [0.1, 0.15) is 40.8 Å². The summed E-state index contributed by atoms with van der Waals surface area (Å²) in [5, 5.41) is 0.554. The van der Waals surface area contributed by atoms with Gasteiger partial charge in [0.15, 0.2) is 11.5 Å². The molecule has 2 amide bonds. The lowest BCUT2D eigenvalue weighted by Gasteiger charge is -2.27. The van der Waals surface area contributed by atoms with Crippen molar-refractivity contribution < 1.29 is 23.5 Å². The minimum absolute atomic E-state index is 0.0421. The number of hydrogen-bond donors (Lipinski definition) is 0. The molecule has 1 aromatic heterocycles. The van der Waals surface area contributed by atoms with Gasteiger partial charge >= 0.3 is 0 Å². The first-order valence-corrected chi connectivity index (χ1v) is 11.6. The minimum atomic E-state index is -0.205. The molecule has 4 rings (SSSR count). The smallest absolute Gasteiger partial charge is 0.254 e. The molecule has 8 heteroatoms. The Morgan fingerprint density at radius 3 is 2.41 bits per heavy atom. The van der Waals surface area contributed by atoms with Crippen molar-refractivity contribution in [1.82, 2.24) is 9.80 Å². The number of benzene rings is 2. The average Bonchev–Trinajstić information content (AvgIpc) is 3.46. The van der Waals surface area contributed by atoms with Crippen molar-refractivity contribution in [3.63, 3.8) is 0 Å². The number of amides is 2. The molecule has 1 aliphatic heterocycles. The molecule has 2 heterocycles. The van der Waals surface area contributed by atoms with Gasteiger partial charge in [-0.3, -0.25) is 9.59 Å². The Morgan fingerprint density at radius 1 is 0.941 bits per heavy atom. The van der Waals surface area contributed by atoms with Crippen LogP contribution in [0.4, 0.5) is 0 Å². The highest BCUT2D eigenvalue weighted by atomic mass is 35.5. The van der Waals surface area contributed by atoms with E-state index in [0.29, 0.717) is 40.9 Å². The summed E-state index contributed by atoms with van der Waals surface area (Å²) in [6, 6.07) is 16.0. The quantitative estimate of drug-likeness (QED) is 0.426. The van der Waals surface area contributed by atoms with Crippen molar-refractivity contribution in [2.75, 3.05) is 19.9 Å². The van der Waals surface area contributed by atoms with Gasteiger partial charge in [0.2, 0.25) is 12.7 Å². The van der Waals surface area contributed by atoms with Gasteiger partial charge in [-0.15, -0.1) is 0 Å². The second-order valence-corrected chi connectivity index (χ2v) is 8.62. The number of fused-ring (bicyclic) bond motifs is 1. The normalized spacial score (nSPS) is 12.0. The molecule has 0 saturated carbocycles. The Bertz CT molecular complexity index is 1160. The van der Waals surface area contributed by atoms with Crippen LogP contribution in [0, 0.1) is 6.92 Å². The molecule has 0 fully saturated rings. The predicted octanol–water partition coefficient (Wildman–Crippen LogP) is 5.05. The summed E-state index contributed by atoms with van der Waals surface area (Å²) in [5.41, 5.74) is 1.39. The molecular weight excluding hydrogens is 456 g/mol. The third kappa shape index (κ3) is 5.72. The number of halogens is 1. The lowest BCUT2D eigenvalue weighted by Crippen LogP contribution is -2.42. The van der Waals surface area contributed by atoms with Gasteiger partial charge in [-0.05, 0) is 67.4 Å². The number of hydrogen-bond acceptors (Lipinski definition) is 5. The van der Waals surface area contributed by atoms with Crippen molar-refractivity contribution in [2.24, 2.45) is 0 Å². The minimum Gasteiger partial charge on any atom is -0.464 e. The number of aryl methyl sites for hydroxylation is 1. The van der Waals surface area contributed by atoms with E-state index < -0.39 is 0 Å². The molecule has 0 radical (unpaired) electrons. The van der Waals surface area contributed by atoms with Crippen LogP contribution in [0.3, 0.4) is 0 Å². The van der Waals surface area contributed by atoms with E-state index >= 15 is 0 Å². The van der Waals surface area contributed by atoms with Gasteiger partial charge in [0.05, 0.1) is 6.54 Å². The summed E-state index contributed by atoms with van der Waals surface area (Å²) in [6.07, 6.45) is 0.728. The maximum atomic E-state index is 13.5. The first kappa shape index (κ1) is 23.7. The van der Waals surface area contributed by atoms with Crippen molar-refractivity contribution in [3.8, 4) is 11.5 Å². The molecular formula is C26H27ClN2O5. The topological polar surface area (TPSA) is 72.2 Å². The summed E-state index contributed by atoms with van der Waals surface area (Å²) in [6.45, 7) is 5.07. The fourth-order valence-corrected chi connectivity index (χ4v) is 3.94. The highest BCUT2D eigenvalue weighted by Crippen LogP contribution is 2.33. The van der Waals surface area contributed by atoms with Crippen LogP contribution in [-0.4, -0.2) is 41.5 Å². The molecule has 0 bridgehead atoms. The largest absolute Gasteiger partial charge is 0.464 e. The molecule has 0 unspecified atom stereocenters. The number of ether oxygens (including phenoxy) is 2. The fraction of sp³-hybridized carbons (Fsp3) is 0.308. The van der Waals surface area contributed by atoms with E-state index in [1.165, 1.54) is 0 Å². The van der Waals surface area contributed by atoms with Gasteiger partial charge in [0.1, 0.15) is 18.1 Å². The summed E-state index contributed by atoms with van der Waals surface area (Å²) < 4.78 is 16.6. The van der Waals surface area contributed by atoms with Gasteiger partial charge in [-0.25, -0.2) is 0 Å². The van der Waals surface area contributed by atoms with Gasteiger partial charge in [0.25, 0.3) is 5.91 Å². The van der Waals surface area contributed by atoms with Crippen LogP contribution in [0.5, 0.6) is 11.5 Å². The highest BCUT2D eigenvalue weighted by Gasteiger charge is 2.24. The van der Waals surface area contributed by atoms with Gasteiger partial charge in [-0.2, -0.15) is 0 Å². The van der Waals surface area contributed by atoms with Crippen molar-refractivity contribution in [3.05, 3.63) is 82.3 Å². The molecule has 0 atom stereocenters. The zero-order valence-electron chi connectivity index (χ0n) is 19.3. The molecule has 178 valence electrons. The van der Waals surface area contributed by atoms with Gasteiger partial charge in [-0.1, -0.05) is 24.6 Å². The summed E-state index contributed by atoms with van der Waals surface area (Å²) >= 11 is 5.96. The Hall–Kier alpha value is -3.45. The maximum Gasteiger partial charge on any atom is 0.254 e. The molecule has 7 nitrogen and oxygen atoms in total. The first-order valence-electron chi connectivity index (χ1n) is 11.2. The van der Waals surface area contributed by atoms with E-state index in [1.54, 1.807) is 34.1 Å². The number of rotatable bonds is 9.